The van der Waals surface area contributed by atoms with Crippen LogP contribution in [0.2, 0.25) is 0 Å². The van der Waals surface area contributed by atoms with E-state index in [1.807, 2.05) is 0 Å². The number of fused-ring (bicyclic) bond motifs is 2. The summed E-state index contributed by atoms with van der Waals surface area (Å²) in [4.78, 5) is 15.6. The van der Waals surface area contributed by atoms with Crippen LogP contribution in [0, 0.1) is 11.8 Å². The van der Waals surface area contributed by atoms with E-state index in [-0.39, 0.29) is 24.5 Å². The fraction of sp³-hybridized carbons (Fsp3) is 0.600. The molecule has 2 fully saturated rings. The normalized spacial score (nSPS) is 26.2. The SMILES string of the molecule is O=C(NCc1ccnc(OC(F)F)c1)NC1CC2CCC1C2. The molecule has 2 aliphatic carbocycles. The highest BCUT2D eigenvalue weighted by Crippen LogP contribution is 2.44. The van der Waals surface area contributed by atoms with Gasteiger partial charge in [0.15, 0.2) is 0 Å². The van der Waals surface area contributed by atoms with Crippen molar-refractivity contribution < 1.29 is 18.3 Å². The molecule has 2 N–H and O–H groups in total. The molecule has 22 heavy (non-hydrogen) atoms. The molecule has 2 amide bonds. The number of carbonyl (C=O) groups is 1. The van der Waals surface area contributed by atoms with Gasteiger partial charge in [-0.05, 0) is 42.7 Å². The van der Waals surface area contributed by atoms with Crippen LogP contribution in [-0.2, 0) is 6.54 Å². The highest BCUT2D eigenvalue weighted by atomic mass is 19.3. The first-order chi connectivity index (χ1) is 10.6. The van der Waals surface area contributed by atoms with E-state index >= 15 is 0 Å². The molecule has 5 nitrogen and oxygen atoms in total. The van der Waals surface area contributed by atoms with Crippen molar-refractivity contribution in [2.75, 3.05) is 0 Å². The minimum Gasteiger partial charge on any atom is -0.417 e. The van der Waals surface area contributed by atoms with Crippen molar-refractivity contribution in [1.82, 2.24) is 15.6 Å². The number of aromatic nitrogens is 1. The van der Waals surface area contributed by atoms with Crippen molar-refractivity contribution in [3.63, 3.8) is 0 Å². The zero-order valence-corrected chi connectivity index (χ0v) is 12.1. The van der Waals surface area contributed by atoms with E-state index in [4.69, 9.17) is 0 Å². The van der Waals surface area contributed by atoms with Gasteiger partial charge in [-0.3, -0.25) is 0 Å². The van der Waals surface area contributed by atoms with Gasteiger partial charge in [-0.1, -0.05) is 6.42 Å². The molecule has 2 saturated carbocycles. The first kappa shape index (κ1) is 15.0. The predicted octanol–water partition coefficient (Wildman–Crippen LogP) is 2.67. The van der Waals surface area contributed by atoms with Gasteiger partial charge in [0.1, 0.15) is 0 Å². The van der Waals surface area contributed by atoms with Crippen LogP contribution in [0.1, 0.15) is 31.2 Å². The second-order valence-electron chi connectivity index (χ2n) is 5.99. The Balaban J connectivity index is 1.46. The number of alkyl halides is 2. The van der Waals surface area contributed by atoms with E-state index < -0.39 is 6.61 Å². The van der Waals surface area contributed by atoms with E-state index in [2.05, 4.69) is 20.4 Å². The lowest BCUT2D eigenvalue weighted by atomic mass is 9.95. The van der Waals surface area contributed by atoms with Gasteiger partial charge in [-0.15, -0.1) is 0 Å². The molecule has 2 bridgehead atoms. The largest absolute Gasteiger partial charge is 0.417 e. The Morgan fingerprint density at radius 2 is 2.27 bits per heavy atom. The van der Waals surface area contributed by atoms with Crippen LogP contribution >= 0.6 is 0 Å². The summed E-state index contributed by atoms with van der Waals surface area (Å²) in [6.07, 6.45) is 6.16. The Labute approximate surface area is 127 Å². The Morgan fingerprint density at radius 3 is 2.95 bits per heavy atom. The summed E-state index contributed by atoms with van der Waals surface area (Å²) in [5, 5.41) is 5.76. The van der Waals surface area contributed by atoms with Gasteiger partial charge in [0.2, 0.25) is 5.88 Å². The molecule has 1 aromatic rings. The Hall–Kier alpha value is -1.92. The Morgan fingerprint density at radius 1 is 1.41 bits per heavy atom. The fourth-order valence-electron chi connectivity index (χ4n) is 3.54. The van der Waals surface area contributed by atoms with E-state index in [9.17, 15) is 13.6 Å². The molecular weight excluding hydrogens is 292 g/mol. The lowest BCUT2D eigenvalue weighted by molar-refractivity contribution is -0.0529. The number of rotatable bonds is 5. The van der Waals surface area contributed by atoms with Crippen molar-refractivity contribution in [2.24, 2.45) is 11.8 Å². The topological polar surface area (TPSA) is 63.2 Å². The zero-order chi connectivity index (χ0) is 15.5. The Kier molecular flexibility index (Phi) is 4.40. The number of amides is 2. The van der Waals surface area contributed by atoms with Crippen LogP contribution in [0.4, 0.5) is 13.6 Å². The minimum absolute atomic E-state index is 0.150. The van der Waals surface area contributed by atoms with E-state index in [0.717, 1.165) is 12.3 Å². The molecule has 1 aromatic heterocycles. The molecule has 0 radical (unpaired) electrons. The molecule has 1 heterocycles. The first-order valence-electron chi connectivity index (χ1n) is 7.54. The summed E-state index contributed by atoms with van der Waals surface area (Å²) in [5.74, 6) is 1.23. The predicted molar refractivity (Wildman–Crippen MR) is 75.5 cm³/mol. The lowest BCUT2D eigenvalue weighted by Gasteiger charge is -2.23. The van der Waals surface area contributed by atoms with Crippen molar-refractivity contribution in [2.45, 2.75) is 44.9 Å². The average Bonchev–Trinajstić information content (AvgIpc) is 3.07. The molecular formula is C15H19F2N3O2. The fourth-order valence-corrected chi connectivity index (χ4v) is 3.54. The maximum atomic E-state index is 12.1. The number of nitrogens with zero attached hydrogens (tertiary/aromatic N) is 1. The van der Waals surface area contributed by atoms with E-state index in [1.54, 1.807) is 6.07 Å². The number of halogens is 2. The van der Waals surface area contributed by atoms with Crippen molar-refractivity contribution in [3.8, 4) is 5.88 Å². The monoisotopic (exact) mass is 311 g/mol. The third-order valence-corrected chi connectivity index (χ3v) is 4.52. The number of hydrogen-bond acceptors (Lipinski definition) is 3. The van der Waals surface area contributed by atoms with Gasteiger partial charge >= 0.3 is 12.6 Å². The lowest BCUT2D eigenvalue weighted by Crippen LogP contribution is -2.44. The highest BCUT2D eigenvalue weighted by molar-refractivity contribution is 5.74. The third-order valence-electron chi connectivity index (χ3n) is 4.52. The summed E-state index contributed by atoms with van der Waals surface area (Å²) in [6, 6.07) is 3.10. The molecule has 120 valence electrons. The maximum absolute atomic E-state index is 12.1. The van der Waals surface area contributed by atoms with E-state index in [1.165, 1.54) is 31.5 Å². The van der Waals surface area contributed by atoms with Crippen LogP contribution in [0.25, 0.3) is 0 Å². The van der Waals surface area contributed by atoms with Crippen LogP contribution in [0.5, 0.6) is 5.88 Å². The number of nitrogens with one attached hydrogen (secondary N) is 2. The third kappa shape index (κ3) is 3.64. The summed E-state index contributed by atoms with van der Waals surface area (Å²) in [6.45, 7) is -2.66. The van der Waals surface area contributed by atoms with Gasteiger partial charge in [-0.25, -0.2) is 9.78 Å². The van der Waals surface area contributed by atoms with Crippen LogP contribution < -0.4 is 15.4 Å². The number of pyridine rings is 1. The van der Waals surface area contributed by atoms with Crippen molar-refractivity contribution >= 4 is 6.03 Å². The number of hydrogen-bond donors (Lipinski definition) is 2. The molecule has 0 aliphatic heterocycles. The van der Waals surface area contributed by atoms with Crippen LogP contribution in [0.15, 0.2) is 18.3 Å². The molecule has 2 aliphatic rings. The minimum atomic E-state index is -2.91. The second-order valence-corrected chi connectivity index (χ2v) is 5.99. The number of carbonyl (C=O) groups excluding carboxylic acids is 1. The van der Waals surface area contributed by atoms with Gasteiger partial charge < -0.3 is 15.4 Å². The highest BCUT2D eigenvalue weighted by Gasteiger charge is 2.40. The molecule has 0 spiro atoms. The molecule has 3 rings (SSSR count). The number of urea groups is 1. The van der Waals surface area contributed by atoms with Crippen LogP contribution in [0.3, 0.4) is 0 Å². The zero-order valence-electron chi connectivity index (χ0n) is 12.1. The molecule has 0 saturated heterocycles. The summed E-state index contributed by atoms with van der Waals surface area (Å²) in [7, 11) is 0. The van der Waals surface area contributed by atoms with Gasteiger partial charge in [0.25, 0.3) is 0 Å². The van der Waals surface area contributed by atoms with Crippen molar-refractivity contribution in [3.05, 3.63) is 23.9 Å². The first-order valence-corrected chi connectivity index (χ1v) is 7.54. The molecule has 3 unspecified atom stereocenters. The average molecular weight is 311 g/mol. The molecule has 3 atom stereocenters. The van der Waals surface area contributed by atoms with Gasteiger partial charge in [-0.2, -0.15) is 8.78 Å². The standard InChI is InChI=1S/C15H19F2N3O2/c16-14(17)22-13-7-10(3-4-18-13)8-19-15(21)20-12-6-9-1-2-11(12)5-9/h3-4,7,9,11-12,14H,1-2,5-6,8H2,(H2,19,20,21). The summed E-state index contributed by atoms with van der Waals surface area (Å²) in [5.41, 5.74) is 0.661. The number of ether oxygens (including phenoxy) is 1. The van der Waals surface area contributed by atoms with E-state index in [0.29, 0.717) is 11.5 Å². The van der Waals surface area contributed by atoms with Crippen molar-refractivity contribution in [1.29, 1.82) is 0 Å². The Bertz CT molecular complexity index is 541. The summed E-state index contributed by atoms with van der Waals surface area (Å²) < 4.78 is 28.5. The molecule has 0 aromatic carbocycles. The van der Waals surface area contributed by atoms with Gasteiger partial charge in [0.05, 0.1) is 0 Å². The molecule has 7 heteroatoms. The quantitative estimate of drug-likeness (QED) is 0.879. The van der Waals surface area contributed by atoms with Gasteiger partial charge in [0, 0.05) is 24.8 Å². The summed E-state index contributed by atoms with van der Waals surface area (Å²) >= 11 is 0. The smallest absolute Gasteiger partial charge is 0.388 e. The van der Waals surface area contributed by atoms with Crippen LogP contribution in [-0.4, -0.2) is 23.7 Å². The maximum Gasteiger partial charge on any atom is 0.388 e. The second kappa shape index (κ2) is 6.46.